The molecule has 0 bridgehead atoms. The number of aromatic nitrogens is 1. The summed E-state index contributed by atoms with van der Waals surface area (Å²) in [6, 6.07) is 11.4. The lowest BCUT2D eigenvalue weighted by Crippen LogP contribution is -2.46. The number of H-pyrrole nitrogens is 1. The number of likely N-dealkylation sites (N-methyl/N-ethyl adjacent to an activating group) is 1. The van der Waals surface area contributed by atoms with Crippen molar-refractivity contribution < 1.29 is 14.6 Å². The summed E-state index contributed by atoms with van der Waals surface area (Å²) < 4.78 is 5.32. The van der Waals surface area contributed by atoms with Crippen LogP contribution in [0.4, 0.5) is 5.69 Å². The maximum Gasteiger partial charge on any atom is 0.246 e. The minimum atomic E-state index is -0.00515. The van der Waals surface area contributed by atoms with E-state index in [0.717, 1.165) is 59.0 Å². The Hall–Kier alpha value is -3.91. The minimum Gasteiger partial charge on any atom is -0.497 e. The molecule has 3 aromatic rings. The van der Waals surface area contributed by atoms with Crippen LogP contribution in [-0.4, -0.2) is 66.1 Å². The number of aromatic amines is 1. The van der Waals surface area contributed by atoms with Gasteiger partial charge in [0, 0.05) is 53.9 Å². The van der Waals surface area contributed by atoms with Gasteiger partial charge < -0.3 is 24.6 Å². The number of nitrogens with one attached hydrogen (secondary N) is 1. The number of ether oxygens (including phenoxy) is 1. The summed E-state index contributed by atoms with van der Waals surface area (Å²) in [7, 11) is 3.68. The fraction of sp³-hybridized carbons (Fsp3) is 0.240. The van der Waals surface area contributed by atoms with Crippen LogP contribution in [0.5, 0.6) is 11.6 Å². The summed E-state index contributed by atoms with van der Waals surface area (Å²) in [6.45, 7) is 3.24. The lowest BCUT2D eigenvalue weighted by molar-refractivity contribution is -0.127. The summed E-state index contributed by atoms with van der Waals surface area (Å²) >= 11 is 0. The van der Waals surface area contributed by atoms with Crippen molar-refractivity contribution in [1.29, 1.82) is 0 Å². The van der Waals surface area contributed by atoms with Gasteiger partial charge in [-0.05, 0) is 54.8 Å². The van der Waals surface area contributed by atoms with Crippen molar-refractivity contribution in [3.05, 3.63) is 64.6 Å². The summed E-state index contributed by atoms with van der Waals surface area (Å²) in [5.41, 5.74) is 2.90. The monoisotopic (exact) mass is 443 g/mol. The van der Waals surface area contributed by atoms with Crippen molar-refractivity contribution in [2.24, 2.45) is 10.2 Å². The first-order chi connectivity index (χ1) is 16.0. The first-order valence-electron chi connectivity index (χ1n) is 10.8. The highest BCUT2D eigenvalue weighted by atomic mass is 16.5. The third-order valence-electron chi connectivity index (χ3n) is 6.10. The highest BCUT2D eigenvalue weighted by molar-refractivity contribution is 5.93. The quantitative estimate of drug-likeness (QED) is 0.605. The van der Waals surface area contributed by atoms with Crippen molar-refractivity contribution in [1.82, 2.24) is 14.8 Å². The fourth-order valence-corrected chi connectivity index (χ4v) is 4.12. The molecule has 0 aliphatic carbocycles. The van der Waals surface area contributed by atoms with Gasteiger partial charge in [-0.25, -0.2) is 0 Å². The fourth-order valence-electron chi connectivity index (χ4n) is 4.12. The molecule has 5 rings (SSSR count). The van der Waals surface area contributed by atoms with Gasteiger partial charge in [-0.1, -0.05) is 6.07 Å². The number of azo groups is 1. The Labute approximate surface area is 190 Å². The molecule has 1 aromatic heterocycles. The van der Waals surface area contributed by atoms with E-state index >= 15 is 0 Å². The summed E-state index contributed by atoms with van der Waals surface area (Å²) in [5, 5.41) is 21.6. The predicted octanol–water partition coefficient (Wildman–Crippen LogP) is 2.25. The molecule has 3 heterocycles. The molecule has 168 valence electrons. The van der Waals surface area contributed by atoms with Crippen molar-refractivity contribution >= 4 is 34.3 Å². The third-order valence-corrected chi connectivity index (χ3v) is 6.10. The van der Waals surface area contributed by atoms with Gasteiger partial charge in [0.25, 0.3) is 0 Å². The number of nitrogens with zero attached hydrogens (tertiary/aromatic N) is 4. The number of aromatic hydroxyl groups is 1. The molecule has 1 fully saturated rings. The van der Waals surface area contributed by atoms with E-state index in [0.29, 0.717) is 11.3 Å². The van der Waals surface area contributed by atoms with Gasteiger partial charge in [0.05, 0.1) is 18.5 Å². The Morgan fingerprint density at radius 3 is 2.73 bits per heavy atom. The number of methoxy groups -OCH3 is 1. The zero-order chi connectivity index (χ0) is 22.9. The van der Waals surface area contributed by atoms with Crippen molar-refractivity contribution in [3.8, 4) is 11.6 Å². The van der Waals surface area contributed by atoms with Crippen LogP contribution in [-0.2, 0) is 4.79 Å². The number of carbonyl (C=O) groups is 1. The number of piperazine rings is 1. The van der Waals surface area contributed by atoms with E-state index in [9.17, 15) is 9.90 Å². The van der Waals surface area contributed by atoms with Crippen molar-refractivity contribution in [2.75, 3.05) is 40.3 Å². The van der Waals surface area contributed by atoms with Crippen LogP contribution in [0.15, 0.2) is 58.8 Å². The molecule has 2 aromatic carbocycles. The van der Waals surface area contributed by atoms with E-state index in [1.165, 1.54) is 0 Å². The topological polar surface area (TPSA) is 93.5 Å². The van der Waals surface area contributed by atoms with E-state index in [4.69, 9.17) is 4.74 Å². The Balaban J connectivity index is 1.44. The van der Waals surface area contributed by atoms with Crippen molar-refractivity contribution in [3.63, 3.8) is 0 Å². The van der Waals surface area contributed by atoms with E-state index in [1.54, 1.807) is 19.3 Å². The lowest BCUT2D eigenvalue weighted by atomic mass is 10.1. The second kappa shape index (κ2) is 8.55. The number of carbonyl (C=O) groups excluding carboxylic acids is 1. The van der Waals surface area contributed by atoms with Crippen LogP contribution in [0.1, 0.15) is 5.56 Å². The van der Waals surface area contributed by atoms with Gasteiger partial charge in [-0.3, -0.25) is 4.79 Å². The Morgan fingerprint density at radius 2 is 1.94 bits per heavy atom. The van der Waals surface area contributed by atoms with Gasteiger partial charge in [-0.15, -0.1) is 10.2 Å². The summed E-state index contributed by atoms with van der Waals surface area (Å²) in [4.78, 5) is 19.5. The highest BCUT2D eigenvalue weighted by Gasteiger charge is 2.17. The maximum atomic E-state index is 12.5. The van der Waals surface area contributed by atoms with E-state index in [2.05, 4.69) is 27.2 Å². The van der Waals surface area contributed by atoms with Crippen LogP contribution in [0.2, 0.25) is 0 Å². The zero-order valence-corrected chi connectivity index (χ0v) is 18.6. The number of hydrogen-bond donors (Lipinski definition) is 2. The van der Waals surface area contributed by atoms with Gasteiger partial charge in [0.15, 0.2) is 5.88 Å². The Kier molecular flexibility index (Phi) is 5.43. The molecule has 1 amide bonds. The molecule has 2 N–H and O–H groups in total. The van der Waals surface area contributed by atoms with Crippen LogP contribution >= 0.6 is 0 Å². The number of benzene rings is 2. The predicted molar refractivity (Wildman–Crippen MR) is 127 cm³/mol. The molecule has 2 aliphatic rings. The molecule has 33 heavy (non-hydrogen) atoms. The number of rotatable bonds is 4. The molecular weight excluding hydrogens is 418 g/mol. The second-order valence-electron chi connectivity index (χ2n) is 8.27. The first kappa shape index (κ1) is 21.0. The van der Waals surface area contributed by atoms with E-state index in [1.807, 2.05) is 47.4 Å². The normalized spacial score (nSPS) is 16.8. The van der Waals surface area contributed by atoms with Gasteiger partial charge >= 0.3 is 0 Å². The average molecular weight is 444 g/mol. The van der Waals surface area contributed by atoms with Gasteiger partial charge in [0.1, 0.15) is 5.75 Å². The minimum absolute atomic E-state index is 0.00515. The first-order valence-corrected chi connectivity index (χ1v) is 10.8. The smallest absolute Gasteiger partial charge is 0.246 e. The molecule has 0 atom stereocenters. The van der Waals surface area contributed by atoms with E-state index < -0.39 is 0 Å². The molecule has 2 aliphatic heterocycles. The number of fused-ring (bicyclic) bond motifs is 2. The maximum absolute atomic E-state index is 12.5. The molecule has 0 radical (unpaired) electrons. The Bertz CT molecular complexity index is 1410. The summed E-state index contributed by atoms with van der Waals surface area (Å²) in [5.74, 6) is 0.809. The second-order valence-corrected chi connectivity index (χ2v) is 8.27. The molecular formula is C25H25N5O3. The molecule has 1 saturated heterocycles. The van der Waals surface area contributed by atoms with Gasteiger partial charge in [-0.2, -0.15) is 0 Å². The van der Waals surface area contributed by atoms with Crippen LogP contribution in [0.25, 0.3) is 22.7 Å². The SMILES string of the molecule is COc1ccc2[nH]c(O)c(C=c3ccc4c(c3)N=NC=4/C=C/C(=O)N3CCN(C)CC3)c2c1. The van der Waals surface area contributed by atoms with Crippen LogP contribution < -0.4 is 15.2 Å². The van der Waals surface area contributed by atoms with Crippen LogP contribution in [0.3, 0.4) is 0 Å². The highest BCUT2D eigenvalue weighted by Crippen LogP contribution is 2.30. The standard InChI is InChI=1S/C25H25N5O3/c1-29-9-11-30(12-10-29)24(31)8-7-22-18-5-3-16(14-23(18)28-27-22)13-20-19-15-17(33-2)4-6-21(19)26-25(20)32/h3-8,13-15,26,32H,9-12H2,1-2H3/b8-7+,16-13?. The van der Waals surface area contributed by atoms with Crippen molar-refractivity contribution in [2.45, 2.75) is 0 Å². The largest absolute Gasteiger partial charge is 0.497 e. The molecule has 0 unspecified atom stereocenters. The number of hydrogen-bond acceptors (Lipinski definition) is 6. The van der Waals surface area contributed by atoms with E-state index in [-0.39, 0.29) is 11.8 Å². The average Bonchev–Trinajstić information content (AvgIpc) is 3.37. The Morgan fingerprint density at radius 1 is 1.12 bits per heavy atom. The summed E-state index contributed by atoms with van der Waals surface area (Å²) in [6.07, 6.45) is 5.21. The lowest BCUT2D eigenvalue weighted by Gasteiger charge is -2.31. The number of amides is 1. The zero-order valence-electron chi connectivity index (χ0n) is 18.6. The molecule has 0 spiro atoms. The van der Waals surface area contributed by atoms with Crippen LogP contribution in [0, 0.1) is 0 Å². The molecule has 0 saturated carbocycles. The molecule has 8 nitrogen and oxygen atoms in total. The molecule has 8 heteroatoms. The third kappa shape index (κ3) is 4.12. The van der Waals surface area contributed by atoms with Gasteiger partial charge in [0.2, 0.25) is 5.91 Å².